The normalized spacial score (nSPS) is 11.6. The van der Waals surface area contributed by atoms with Crippen molar-refractivity contribution in [3.8, 4) is 67.5 Å². The molecule has 2 aliphatic heterocycles. The number of carboxylic acid groups (broad SMARTS) is 4. The van der Waals surface area contributed by atoms with Gasteiger partial charge in [-0.05, 0) is 182 Å². The van der Waals surface area contributed by atoms with Crippen LogP contribution in [-0.2, 0) is 39.6 Å². The number of rotatable bonds is 28. The molecule has 2 aliphatic rings. The van der Waals surface area contributed by atoms with Gasteiger partial charge in [-0.3, -0.25) is 9.59 Å². The van der Waals surface area contributed by atoms with Crippen LogP contribution in [0.1, 0.15) is 99.8 Å². The molecule has 4 aromatic carbocycles. The predicted octanol–water partition coefficient (Wildman–Crippen LogP) is 11.7. The van der Waals surface area contributed by atoms with Crippen LogP contribution in [0, 0.1) is 0 Å². The molecule has 0 amide bonds. The molecule has 2 N–H and O–H groups in total. The number of hydrogen-bond donors (Lipinski definition) is 2. The molecule has 101 heavy (non-hydrogen) atoms. The van der Waals surface area contributed by atoms with E-state index in [2.05, 4.69) is 113 Å². The van der Waals surface area contributed by atoms with E-state index < -0.39 is 23.9 Å². The zero-order valence-corrected chi connectivity index (χ0v) is 63.6. The fraction of sp³-hybridized carbons (Fsp3) is 0.400. The number of hydrogen-bond acceptors (Lipinski definition) is 12. The second kappa shape index (κ2) is 40.5. The standard InChI is InChI=1S/C64H62N4O12.4C4H12N.Pd/c69-57(70)9-1-5-37-77-45-21-13-41(14-22-45)61-49-29-31-51(65-49)62(42-15-23-46(24-16-42)78-38-6-2-10-58(71)72)53-33-35-55(67-53)64(44-19-27-48(28-20-44)80-40-8-4-12-60(75)76)56-36-34-54(68-56)63(52-32-30-50(61)66-52)43-17-25-47(26-18-43)79-39-7-3-11-59(73)74;4*1-5(2,3)4;/h13-36H,1-12,37-40H2,(H6,65,66,67,68,69,70,71,72,73,74,75,76);4*1-4H3;/q;4*+1;+2/p-4. The van der Waals surface area contributed by atoms with Gasteiger partial charge >= 0.3 is 32.4 Å². The molecule has 3 aromatic heterocycles. The molecule has 7 aromatic rings. The third-order valence-corrected chi connectivity index (χ3v) is 13.4. The average Bonchev–Trinajstić information content (AvgIpc) is 1.63. The van der Waals surface area contributed by atoms with Crippen LogP contribution in [0.2, 0.25) is 0 Å². The SMILES string of the molecule is C[N+](C)(C)C.C[N+](C)(C)C.C[N+](C)(C)C.C[N+](C)(C)C.O=C([O-])CCCCOc1ccc(-c2c3nc(c(-c4ccc(OCCCCC(=O)[O-])cc4)c4ccc([n-]4)c(-c4ccc(OCCCCC(=O)O)cc4)c4nc(c(-c5ccc(OCCCCC(=O)O)cc5)c5ccc2[n-]5)C=C4)C=C3)cc1.[Pd+2]. The van der Waals surface area contributed by atoms with Gasteiger partial charge in [0.05, 0.1) is 162 Å². The Labute approximate surface area is 611 Å². The summed E-state index contributed by atoms with van der Waals surface area (Å²) in [5, 5.41) is 40.1. The molecule has 546 valence electrons. The number of benzene rings is 4. The van der Waals surface area contributed by atoms with Crippen LogP contribution in [0.4, 0.5) is 0 Å². The summed E-state index contributed by atoms with van der Waals surface area (Å²) in [5.41, 5.74) is 11.4. The van der Waals surface area contributed by atoms with E-state index >= 15 is 0 Å². The van der Waals surface area contributed by atoms with Crippen LogP contribution in [0.15, 0.2) is 121 Å². The Morgan fingerprint density at radius 1 is 0.327 bits per heavy atom. The van der Waals surface area contributed by atoms with E-state index in [4.69, 9.17) is 49.1 Å². The van der Waals surface area contributed by atoms with Crippen molar-refractivity contribution in [2.24, 2.45) is 0 Å². The molecular formula is C80H106N8O12Pd+2. The summed E-state index contributed by atoms with van der Waals surface area (Å²) < 4.78 is 28.1. The maximum atomic E-state index is 11.1. The second-order valence-electron chi connectivity index (χ2n) is 29.9. The molecule has 9 rings (SSSR count). The van der Waals surface area contributed by atoms with E-state index in [1.54, 1.807) is 0 Å². The topological polar surface area (TPSA) is 246 Å². The van der Waals surface area contributed by atoms with E-state index in [0.717, 1.165) is 62.4 Å². The van der Waals surface area contributed by atoms with Gasteiger partial charge < -0.3 is 76.9 Å². The zero-order chi connectivity index (χ0) is 73.8. The van der Waals surface area contributed by atoms with Crippen molar-refractivity contribution < 1.29 is 96.9 Å². The minimum Gasteiger partial charge on any atom is -0.657 e. The smallest absolute Gasteiger partial charge is 0.657 e. The number of carbonyl (C=O) groups excluding carboxylic acids is 2. The molecule has 21 heteroatoms. The molecule has 0 saturated heterocycles. The van der Waals surface area contributed by atoms with Gasteiger partial charge in [-0.15, -0.1) is 22.1 Å². The van der Waals surface area contributed by atoms with Gasteiger partial charge in [0.25, 0.3) is 0 Å². The summed E-state index contributed by atoms with van der Waals surface area (Å²) in [4.78, 5) is 65.6. The molecule has 0 atom stereocenters. The van der Waals surface area contributed by atoms with Crippen molar-refractivity contribution in [3.05, 3.63) is 144 Å². The Morgan fingerprint density at radius 2 is 0.515 bits per heavy atom. The minimum absolute atomic E-state index is 0. The molecule has 0 unspecified atom stereocenters. The summed E-state index contributed by atoms with van der Waals surface area (Å²) in [7, 11) is 34.0. The predicted molar refractivity (Wildman–Crippen MR) is 397 cm³/mol. The van der Waals surface area contributed by atoms with Crippen molar-refractivity contribution >= 4 is 70.2 Å². The van der Waals surface area contributed by atoms with E-state index in [-0.39, 0.29) is 46.1 Å². The quantitative estimate of drug-likeness (QED) is 0.0263. The van der Waals surface area contributed by atoms with Crippen LogP contribution in [-0.4, -0.2) is 201 Å². The van der Waals surface area contributed by atoms with E-state index in [0.29, 0.717) is 146 Å². The van der Waals surface area contributed by atoms with Crippen molar-refractivity contribution in [2.75, 3.05) is 139 Å². The van der Waals surface area contributed by atoms with Crippen LogP contribution in [0.3, 0.4) is 0 Å². The average molecular weight is 1480 g/mol. The Hall–Kier alpha value is -8.94. The fourth-order valence-electron chi connectivity index (χ4n) is 9.40. The summed E-state index contributed by atoms with van der Waals surface area (Å²) in [5.74, 6) is -1.36. The van der Waals surface area contributed by atoms with Crippen molar-refractivity contribution in [1.82, 2.24) is 19.9 Å². The number of aliphatic carboxylic acids is 4. The van der Waals surface area contributed by atoms with Gasteiger partial charge in [-0.1, -0.05) is 72.8 Å². The maximum absolute atomic E-state index is 11.1. The number of carboxylic acids is 4. The number of quaternary nitrogens is 4. The molecule has 0 aliphatic carbocycles. The van der Waals surface area contributed by atoms with Crippen LogP contribution in [0.25, 0.3) is 90.9 Å². The third-order valence-electron chi connectivity index (χ3n) is 13.4. The number of fused-ring (bicyclic) bond motifs is 8. The first-order valence-electron chi connectivity index (χ1n) is 33.9. The minimum atomic E-state index is -1.09. The molecule has 0 spiro atoms. The summed E-state index contributed by atoms with van der Waals surface area (Å²) >= 11 is 0. The first-order valence-corrected chi connectivity index (χ1v) is 33.9. The van der Waals surface area contributed by atoms with E-state index in [1.165, 1.54) is 0 Å². The van der Waals surface area contributed by atoms with Crippen LogP contribution >= 0.6 is 0 Å². The first-order chi connectivity index (χ1) is 46.9. The Bertz CT molecular complexity index is 3470. The van der Waals surface area contributed by atoms with Gasteiger partial charge in [0, 0.05) is 24.8 Å². The Morgan fingerprint density at radius 3 is 0.693 bits per heavy atom. The largest absolute Gasteiger partial charge is 2.00 e. The van der Waals surface area contributed by atoms with Gasteiger partial charge in [0.15, 0.2) is 0 Å². The number of aromatic nitrogens is 4. The van der Waals surface area contributed by atoms with Crippen LogP contribution in [0.5, 0.6) is 23.0 Å². The Balaban J connectivity index is 0.000000906. The molecule has 20 nitrogen and oxygen atoms in total. The van der Waals surface area contributed by atoms with E-state index in [1.807, 2.05) is 146 Å². The molecule has 0 saturated carbocycles. The summed E-state index contributed by atoms with van der Waals surface area (Å²) in [6.07, 6.45) is 12.2. The molecular weight excluding hydrogens is 1370 g/mol. The second-order valence-corrected chi connectivity index (χ2v) is 29.9. The maximum Gasteiger partial charge on any atom is 2.00 e. The Kier molecular flexibility index (Phi) is 33.9. The first kappa shape index (κ1) is 84.5. The summed E-state index contributed by atoms with van der Waals surface area (Å²) in [6, 6.07) is 38.5. The number of nitrogens with zero attached hydrogens (tertiary/aromatic N) is 8. The monoisotopic (exact) mass is 1480 g/mol. The molecule has 8 bridgehead atoms. The van der Waals surface area contributed by atoms with Gasteiger partial charge in [-0.2, -0.15) is 0 Å². The van der Waals surface area contributed by atoms with Crippen LogP contribution < -0.4 is 39.1 Å². The molecule has 0 fully saturated rings. The van der Waals surface area contributed by atoms with Gasteiger partial charge in [0.2, 0.25) is 0 Å². The van der Waals surface area contributed by atoms with E-state index in [9.17, 15) is 29.4 Å². The number of carbonyl (C=O) groups is 4. The molecule has 0 radical (unpaired) electrons. The van der Waals surface area contributed by atoms with Crippen molar-refractivity contribution in [1.29, 1.82) is 0 Å². The van der Waals surface area contributed by atoms with Crippen molar-refractivity contribution in [3.63, 3.8) is 0 Å². The third kappa shape index (κ3) is 33.4. The number of ether oxygens (including phenoxy) is 4. The zero-order valence-electron chi connectivity index (χ0n) is 62.0. The van der Waals surface area contributed by atoms with Crippen molar-refractivity contribution in [2.45, 2.75) is 77.0 Å². The number of unbranched alkanes of at least 4 members (excludes halogenated alkanes) is 4. The summed E-state index contributed by atoms with van der Waals surface area (Å²) in [6.45, 7) is 1.42. The van der Waals surface area contributed by atoms with Gasteiger partial charge in [0.1, 0.15) is 23.0 Å². The molecule has 5 heterocycles. The van der Waals surface area contributed by atoms with Gasteiger partial charge in [-0.25, -0.2) is 9.97 Å². The fourth-order valence-corrected chi connectivity index (χ4v) is 9.40.